The Morgan fingerprint density at radius 2 is 1.93 bits per heavy atom. The summed E-state index contributed by atoms with van der Waals surface area (Å²) in [4.78, 5) is 17.3. The topological polar surface area (TPSA) is 64.4 Å². The van der Waals surface area contributed by atoms with Gasteiger partial charge in [0.2, 0.25) is 5.89 Å². The lowest BCUT2D eigenvalue weighted by molar-refractivity contribution is 0.102. The molecular formula is C23H16BrClN2O3. The molecule has 1 N–H and O–H groups in total. The van der Waals surface area contributed by atoms with Crippen molar-refractivity contribution in [1.29, 1.82) is 0 Å². The number of anilines is 1. The summed E-state index contributed by atoms with van der Waals surface area (Å²) in [5.74, 6) is 1.22. The normalized spacial score (nSPS) is 10.6. The molecule has 0 radical (unpaired) electrons. The van der Waals surface area contributed by atoms with Gasteiger partial charge in [-0.15, -0.1) is 0 Å². The second-order valence-corrected chi connectivity index (χ2v) is 7.71. The molecular weight excluding hydrogens is 468 g/mol. The van der Waals surface area contributed by atoms with Gasteiger partial charge in [0.25, 0.3) is 5.91 Å². The fraction of sp³-hybridized carbons (Fsp3) is 0.0435. The Hall–Kier alpha value is -3.09. The first kappa shape index (κ1) is 20.2. The highest BCUT2D eigenvalue weighted by molar-refractivity contribution is 9.10. The van der Waals surface area contributed by atoms with Crippen molar-refractivity contribution in [2.75, 3.05) is 12.4 Å². The molecule has 0 bridgehead atoms. The van der Waals surface area contributed by atoms with Gasteiger partial charge in [-0.3, -0.25) is 4.79 Å². The maximum absolute atomic E-state index is 12.9. The third-order valence-corrected chi connectivity index (χ3v) is 5.22. The number of rotatable bonds is 5. The molecule has 0 atom stereocenters. The molecule has 30 heavy (non-hydrogen) atoms. The Morgan fingerprint density at radius 1 is 1.10 bits per heavy atom. The van der Waals surface area contributed by atoms with Crippen molar-refractivity contribution in [3.63, 3.8) is 0 Å². The van der Waals surface area contributed by atoms with Crippen LogP contribution < -0.4 is 10.1 Å². The number of hydrogen-bond donors (Lipinski definition) is 1. The van der Waals surface area contributed by atoms with E-state index in [2.05, 4.69) is 26.2 Å². The lowest BCUT2D eigenvalue weighted by atomic mass is 10.1. The molecule has 1 heterocycles. The predicted molar refractivity (Wildman–Crippen MR) is 121 cm³/mol. The Morgan fingerprint density at radius 3 is 2.70 bits per heavy atom. The van der Waals surface area contributed by atoms with Crippen LogP contribution in [0, 0.1) is 0 Å². The molecule has 0 fully saturated rings. The number of nitrogens with one attached hydrogen (secondary N) is 1. The van der Waals surface area contributed by atoms with E-state index in [-0.39, 0.29) is 5.91 Å². The number of aromatic nitrogens is 1. The van der Waals surface area contributed by atoms with Crippen molar-refractivity contribution in [2.24, 2.45) is 0 Å². The Balaban J connectivity index is 1.63. The van der Waals surface area contributed by atoms with E-state index in [0.29, 0.717) is 39.2 Å². The summed E-state index contributed by atoms with van der Waals surface area (Å²) in [6.45, 7) is 0. The minimum atomic E-state index is -0.297. The van der Waals surface area contributed by atoms with Crippen LogP contribution in [0.4, 0.5) is 5.69 Å². The van der Waals surface area contributed by atoms with Crippen molar-refractivity contribution in [3.8, 4) is 28.5 Å². The molecule has 3 aromatic carbocycles. The lowest BCUT2D eigenvalue weighted by Gasteiger charge is -2.10. The number of carbonyl (C=O) groups excluding carboxylic acids is 1. The van der Waals surface area contributed by atoms with Gasteiger partial charge < -0.3 is 14.5 Å². The van der Waals surface area contributed by atoms with Crippen molar-refractivity contribution in [2.45, 2.75) is 0 Å². The molecule has 5 nitrogen and oxygen atoms in total. The second kappa shape index (κ2) is 8.73. The zero-order valence-electron chi connectivity index (χ0n) is 15.9. The molecule has 7 heteroatoms. The van der Waals surface area contributed by atoms with Crippen LogP contribution in [0.25, 0.3) is 22.8 Å². The molecule has 1 aromatic heterocycles. The van der Waals surface area contributed by atoms with Gasteiger partial charge in [0.1, 0.15) is 5.75 Å². The van der Waals surface area contributed by atoms with Crippen LogP contribution in [0.1, 0.15) is 10.4 Å². The molecule has 0 saturated carbocycles. The van der Waals surface area contributed by atoms with Crippen molar-refractivity contribution < 1.29 is 13.9 Å². The maximum atomic E-state index is 12.9. The van der Waals surface area contributed by atoms with Crippen molar-refractivity contribution in [3.05, 3.63) is 88.0 Å². The van der Waals surface area contributed by atoms with Gasteiger partial charge in [-0.1, -0.05) is 51.8 Å². The number of halogens is 2. The number of amides is 1. The van der Waals surface area contributed by atoms with E-state index in [1.54, 1.807) is 42.6 Å². The molecule has 0 aliphatic rings. The van der Waals surface area contributed by atoms with E-state index in [1.807, 2.05) is 30.3 Å². The molecule has 1 amide bonds. The smallest absolute Gasteiger partial charge is 0.256 e. The van der Waals surface area contributed by atoms with Gasteiger partial charge in [-0.05, 0) is 42.5 Å². The predicted octanol–water partition coefficient (Wildman–Crippen LogP) is 6.69. The zero-order valence-corrected chi connectivity index (χ0v) is 18.2. The number of methoxy groups -OCH3 is 1. The summed E-state index contributed by atoms with van der Waals surface area (Å²) in [5, 5.41) is 3.26. The molecule has 4 aromatic rings. The SMILES string of the molecule is COc1ccc(NC(=O)c2ccccc2-c2ncc(-c3cccc(Br)c3)o2)cc1Cl. The van der Waals surface area contributed by atoms with Crippen LogP contribution >= 0.6 is 27.5 Å². The van der Waals surface area contributed by atoms with E-state index in [1.165, 1.54) is 7.11 Å². The van der Waals surface area contributed by atoms with E-state index < -0.39 is 0 Å². The average molecular weight is 484 g/mol. The van der Waals surface area contributed by atoms with Crippen LogP contribution in [0.5, 0.6) is 5.75 Å². The molecule has 150 valence electrons. The molecule has 0 aliphatic heterocycles. The van der Waals surface area contributed by atoms with Gasteiger partial charge in [-0.2, -0.15) is 0 Å². The fourth-order valence-corrected chi connectivity index (χ4v) is 3.64. The largest absolute Gasteiger partial charge is 0.495 e. The number of benzene rings is 3. The monoisotopic (exact) mass is 482 g/mol. The molecule has 4 rings (SSSR count). The summed E-state index contributed by atoms with van der Waals surface area (Å²) in [6.07, 6.45) is 1.65. The first-order valence-corrected chi connectivity index (χ1v) is 10.2. The number of oxazole rings is 1. The summed E-state index contributed by atoms with van der Waals surface area (Å²) in [7, 11) is 1.54. The van der Waals surface area contributed by atoms with Crippen molar-refractivity contribution >= 4 is 39.1 Å². The van der Waals surface area contributed by atoms with E-state index in [9.17, 15) is 4.79 Å². The van der Waals surface area contributed by atoms with Gasteiger partial charge in [0.15, 0.2) is 5.76 Å². The van der Waals surface area contributed by atoms with E-state index in [4.69, 9.17) is 20.8 Å². The molecule has 0 saturated heterocycles. The van der Waals surface area contributed by atoms with E-state index in [0.717, 1.165) is 10.0 Å². The third-order valence-electron chi connectivity index (χ3n) is 4.43. The number of hydrogen-bond acceptors (Lipinski definition) is 4. The standard InChI is InChI=1S/C23H16BrClN2O3/c1-29-20-10-9-16(12-19(20)25)27-22(28)17-7-2-3-8-18(17)23-26-13-21(30-23)14-5-4-6-15(24)11-14/h2-13H,1H3,(H,27,28). The minimum Gasteiger partial charge on any atom is -0.495 e. The Kier molecular flexibility index (Phi) is 5.88. The Labute approximate surface area is 186 Å². The number of ether oxygens (including phenoxy) is 1. The molecule has 0 unspecified atom stereocenters. The Bertz CT molecular complexity index is 1220. The quantitative estimate of drug-likeness (QED) is 0.344. The lowest BCUT2D eigenvalue weighted by Crippen LogP contribution is -2.13. The first-order valence-electron chi connectivity index (χ1n) is 9.01. The van der Waals surface area contributed by atoms with Gasteiger partial charge in [0, 0.05) is 21.3 Å². The number of nitrogens with zero attached hydrogens (tertiary/aromatic N) is 1. The highest BCUT2D eigenvalue weighted by Crippen LogP contribution is 2.31. The fourth-order valence-electron chi connectivity index (χ4n) is 2.98. The van der Waals surface area contributed by atoms with Gasteiger partial charge >= 0.3 is 0 Å². The summed E-state index contributed by atoms with van der Waals surface area (Å²) < 4.78 is 12.0. The van der Waals surface area contributed by atoms with Crippen LogP contribution in [0.3, 0.4) is 0 Å². The van der Waals surface area contributed by atoms with Crippen LogP contribution in [-0.2, 0) is 0 Å². The van der Waals surface area contributed by atoms with Crippen molar-refractivity contribution in [1.82, 2.24) is 4.98 Å². The van der Waals surface area contributed by atoms with Gasteiger partial charge in [-0.25, -0.2) is 4.98 Å². The minimum absolute atomic E-state index is 0.297. The van der Waals surface area contributed by atoms with Crippen LogP contribution in [0.2, 0.25) is 5.02 Å². The van der Waals surface area contributed by atoms with Crippen LogP contribution in [0.15, 0.2) is 81.8 Å². The average Bonchev–Trinajstić information content (AvgIpc) is 3.24. The second-order valence-electron chi connectivity index (χ2n) is 6.39. The van der Waals surface area contributed by atoms with Gasteiger partial charge in [0.05, 0.1) is 23.9 Å². The van der Waals surface area contributed by atoms with Crippen LogP contribution in [-0.4, -0.2) is 18.0 Å². The zero-order chi connectivity index (χ0) is 21.1. The van der Waals surface area contributed by atoms with E-state index >= 15 is 0 Å². The molecule has 0 aliphatic carbocycles. The maximum Gasteiger partial charge on any atom is 0.256 e. The highest BCUT2D eigenvalue weighted by atomic mass is 79.9. The first-order chi connectivity index (χ1) is 14.5. The summed E-state index contributed by atoms with van der Waals surface area (Å²) in [6, 6.07) is 19.9. The third kappa shape index (κ3) is 4.25. The highest BCUT2D eigenvalue weighted by Gasteiger charge is 2.17. The molecule has 0 spiro atoms. The summed E-state index contributed by atoms with van der Waals surface area (Å²) >= 11 is 9.61. The summed E-state index contributed by atoms with van der Waals surface area (Å²) in [5.41, 5.74) is 2.48. The number of carbonyl (C=O) groups is 1.